The molecule has 3 aromatic rings. The summed E-state index contributed by atoms with van der Waals surface area (Å²) < 4.78 is 10.5. The molecule has 8 heteroatoms. The monoisotopic (exact) mass is 392 g/mol. The predicted molar refractivity (Wildman–Crippen MR) is 98.6 cm³/mol. The molecule has 3 rings (SSSR count). The van der Waals surface area contributed by atoms with Gasteiger partial charge in [0.2, 0.25) is 0 Å². The van der Waals surface area contributed by atoms with E-state index in [2.05, 4.69) is 10.3 Å². The van der Waals surface area contributed by atoms with Crippen LogP contribution >= 0.6 is 23.2 Å². The summed E-state index contributed by atoms with van der Waals surface area (Å²) in [5, 5.41) is 3.16. The van der Waals surface area contributed by atoms with Gasteiger partial charge < -0.3 is 14.5 Å². The van der Waals surface area contributed by atoms with E-state index in [0.717, 1.165) is 0 Å². The quantitative estimate of drug-likeness (QED) is 0.635. The molecule has 134 valence electrons. The van der Waals surface area contributed by atoms with Crippen molar-refractivity contribution in [2.45, 2.75) is 19.4 Å². The van der Waals surface area contributed by atoms with Crippen LogP contribution in [0.5, 0.6) is 0 Å². The van der Waals surface area contributed by atoms with E-state index in [0.29, 0.717) is 28.2 Å². The Morgan fingerprint density at radius 3 is 2.85 bits per heavy atom. The fraction of sp³-hybridized carbons (Fsp3) is 0.167. The number of carbonyl (C=O) groups excluding carboxylic acids is 2. The number of esters is 1. The maximum Gasteiger partial charge on any atom is 0.339 e. The average molecular weight is 393 g/mol. The van der Waals surface area contributed by atoms with Crippen LogP contribution in [0.15, 0.2) is 47.2 Å². The summed E-state index contributed by atoms with van der Waals surface area (Å²) in [5.74, 6) is -1.13. The number of fused-ring (bicyclic) bond motifs is 1. The molecule has 1 aromatic heterocycles. The smallest absolute Gasteiger partial charge is 0.339 e. The Morgan fingerprint density at radius 1 is 1.27 bits per heavy atom. The number of benzene rings is 2. The first-order valence-corrected chi connectivity index (χ1v) is 8.54. The first-order chi connectivity index (χ1) is 12.5. The molecule has 0 aliphatic carbocycles. The number of nitrogens with zero attached hydrogens (tertiary/aromatic N) is 1. The fourth-order valence-corrected chi connectivity index (χ4v) is 2.66. The van der Waals surface area contributed by atoms with Crippen LogP contribution in [0.4, 0.5) is 5.69 Å². The lowest BCUT2D eigenvalue weighted by atomic mass is 10.2. The highest BCUT2D eigenvalue weighted by atomic mass is 35.5. The zero-order chi connectivity index (χ0) is 18.7. The third-order valence-corrected chi connectivity index (χ3v) is 4.51. The largest absolute Gasteiger partial charge is 0.449 e. The molecule has 0 fully saturated rings. The molecule has 0 bridgehead atoms. The Hall–Kier alpha value is -2.57. The molecule has 1 unspecified atom stereocenters. The number of carbonyl (C=O) groups is 2. The van der Waals surface area contributed by atoms with Crippen LogP contribution < -0.4 is 5.32 Å². The van der Waals surface area contributed by atoms with Crippen molar-refractivity contribution in [2.24, 2.45) is 0 Å². The molecule has 0 aliphatic rings. The van der Waals surface area contributed by atoms with E-state index in [1.165, 1.54) is 12.5 Å². The van der Waals surface area contributed by atoms with Crippen molar-refractivity contribution < 1.29 is 18.7 Å². The molecule has 26 heavy (non-hydrogen) atoms. The van der Waals surface area contributed by atoms with Crippen LogP contribution in [0.2, 0.25) is 10.0 Å². The molecule has 0 saturated heterocycles. The summed E-state index contributed by atoms with van der Waals surface area (Å²) in [4.78, 5) is 28.8. The van der Waals surface area contributed by atoms with Crippen molar-refractivity contribution in [1.29, 1.82) is 0 Å². The maximum atomic E-state index is 12.4. The number of oxazole rings is 1. The molecule has 0 radical (unpaired) electrons. The molecule has 2 aromatic carbocycles. The van der Waals surface area contributed by atoms with Crippen LogP contribution in [0.1, 0.15) is 23.7 Å². The van der Waals surface area contributed by atoms with Gasteiger partial charge in [-0.2, -0.15) is 0 Å². The van der Waals surface area contributed by atoms with Crippen molar-refractivity contribution in [2.75, 3.05) is 5.32 Å². The third-order valence-electron chi connectivity index (χ3n) is 3.69. The van der Waals surface area contributed by atoms with Gasteiger partial charge in [-0.3, -0.25) is 4.79 Å². The van der Waals surface area contributed by atoms with Gasteiger partial charge in [-0.05, 0) is 36.8 Å². The lowest BCUT2D eigenvalue weighted by Gasteiger charge is -2.17. The van der Waals surface area contributed by atoms with Crippen LogP contribution in [0, 0.1) is 0 Å². The van der Waals surface area contributed by atoms with E-state index in [9.17, 15) is 9.59 Å². The molecule has 1 N–H and O–H groups in total. The highest BCUT2D eigenvalue weighted by Gasteiger charge is 2.23. The molecule has 0 aliphatic heterocycles. The molecular formula is C18H14Cl2N2O4. The number of nitrogens with one attached hydrogen (secondary N) is 1. The number of hydrogen-bond acceptors (Lipinski definition) is 5. The van der Waals surface area contributed by atoms with E-state index in [1.54, 1.807) is 37.3 Å². The van der Waals surface area contributed by atoms with Gasteiger partial charge in [0.25, 0.3) is 5.91 Å². The van der Waals surface area contributed by atoms with Gasteiger partial charge >= 0.3 is 5.97 Å². The fourth-order valence-electron chi connectivity index (χ4n) is 2.32. The first kappa shape index (κ1) is 18.2. The maximum absolute atomic E-state index is 12.4. The number of aromatic nitrogens is 1. The minimum Gasteiger partial charge on any atom is -0.449 e. The van der Waals surface area contributed by atoms with Crippen molar-refractivity contribution in [3.8, 4) is 0 Å². The summed E-state index contributed by atoms with van der Waals surface area (Å²) in [6, 6.07) is 9.59. The second-order valence-electron chi connectivity index (χ2n) is 5.43. The number of hydrogen-bond donors (Lipinski definition) is 1. The van der Waals surface area contributed by atoms with Crippen molar-refractivity contribution >= 4 is 51.9 Å². The van der Waals surface area contributed by atoms with Gasteiger partial charge in [0.1, 0.15) is 5.52 Å². The second kappa shape index (κ2) is 7.76. The average Bonchev–Trinajstić information content (AvgIpc) is 3.10. The van der Waals surface area contributed by atoms with Gasteiger partial charge in [0, 0.05) is 0 Å². The van der Waals surface area contributed by atoms with Crippen LogP contribution in [0.3, 0.4) is 0 Å². The Bertz CT molecular complexity index is 971. The molecule has 0 spiro atoms. The Kier molecular flexibility index (Phi) is 5.44. The van der Waals surface area contributed by atoms with Gasteiger partial charge in [-0.1, -0.05) is 36.2 Å². The molecular weight excluding hydrogens is 379 g/mol. The highest BCUT2D eigenvalue weighted by Crippen LogP contribution is 2.29. The standard InChI is InChI=1S/C18H14Cl2N2O4/c1-2-14(17(23)22-13-5-3-4-11(19)16(13)20)26-18(24)10-6-7-12-15(8-10)25-9-21-12/h3-9,14H,2H2,1H3,(H,22,23). The Balaban J connectivity index is 1.72. The number of rotatable bonds is 5. The van der Waals surface area contributed by atoms with E-state index in [-0.39, 0.29) is 10.6 Å². The van der Waals surface area contributed by atoms with E-state index >= 15 is 0 Å². The first-order valence-electron chi connectivity index (χ1n) is 7.78. The van der Waals surface area contributed by atoms with Gasteiger partial charge in [-0.15, -0.1) is 0 Å². The summed E-state index contributed by atoms with van der Waals surface area (Å²) >= 11 is 12.0. The molecule has 1 atom stereocenters. The number of anilines is 1. The van der Waals surface area contributed by atoms with E-state index < -0.39 is 18.0 Å². The van der Waals surface area contributed by atoms with Crippen LogP contribution in [-0.4, -0.2) is 23.0 Å². The number of amides is 1. The second-order valence-corrected chi connectivity index (χ2v) is 6.21. The summed E-state index contributed by atoms with van der Waals surface area (Å²) in [7, 11) is 0. The third kappa shape index (κ3) is 3.81. The topological polar surface area (TPSA) is 81.4 Å². The van der Waals surface area contributed by atoms with Crippen LogP contribution in [-0.2, 0) is 9.53 Å². The van der Waals surface area contributed by atoms with Crippen LogP contribution in [0.25, 0.3) is 11.1 Å². The van der Waals surface area contributed by atoms with Crippen molar-refractivity contribution in [3.63, 3.8) is 0 Å². The van der Waals surface area contributed by atoms with Crippen molar-refractivity contribution in [3.05, 3.63) is 58.4 Å². The predicted octanol–water partition coefficient (Wildman–Crippen LogP) is 4.71. The minimum atomic E-state index is -0.983. The summed E-state index contributed by atoms with van der Waals surface area (Å²) in [5.41, 5.74) is 1.70. The summed E-state index contributed by atoms with van der Waals surface area (Å²) in [6.07, 6.45) is 0.597. The number of halogens is 2. The molecule has 1 heterocycles. The normalized spacial score (nSPS) is 12.0. The van der Waals surface area contributed by atoms with Gasteiger partial charge in [-0.25, -0.2) is 9.78 Å². The SMILES string of the molecule is CCC(OC(=O)c1ccc2ncoc2c1)C(=O)Nc1cccc(Cl)c1Cl. The van der Waals surface area contributed by atoms with Crippen molar-refractivity contribution in [1.82, 2.24) is 4.98 Å². The minimum absolute atomic E-state index is 0.222. The summed E-state index contributed by atoms with van der Waals surface area (Å²) in [6.45, 7) is 1.73. The zero-order valence-electron chi connectivity index (χ0n) is 13.7. The molecule has 6 nitrogen and oxygen atoms in total. The van der Waals surface area contributed by atoms with Gasteiger partial charge in [0.15, 0.2) is 18.1 Å². The Labute approximate surface area is 159 Å². The molecule has 0 saturated carbocycles. The highest BCUT2D eigenvalue weighted by molar-refractivity contribution is 6.44. The zero-order valence-corrected chi connectivity index (χ0v) is 15.2. The number of ether oxygens (including phenoxy) is 1. The van der Waals surface area contributed by atoms with E-state index in [1.807, 2.05) is 0 Å². The lowest BCUT2D eigenvalue weighted by Crippen LogP contribution is -2.32. The van der Waals surface area contributed by atoms with Gasteiger partial charge in [0.05, 0.1) is 21.3 Å². The lowest BCUT2D eigenvalue weighted by molar-refractivity contribution is -0.124. The molecule has 1 amide bonds. The van der Waals surface area contributed by atoms with E-state index in [4.69, 9.17) is 32.4 Å². The Morgan fingerprint density at radius 2 is 2.08 bits per heavy atom.